The Kier molecular flexibility index (Phi) is 6.53. The molecule has 0 radical (unpaired) electrons. The van der Waals surface area contributed by atoms with Crippen LogP contribution in [0.3, 0.4) is 0 Å². The minimum atomic E-state index is -4.52. The van der Waals surface area contributed by atoms with Gasteiger partial charge in [-0.2, -0.15) is 13.2 Å². The van der Waals surface area contributed by atoms with Gasteiger partial charge in [0.1, 0.15) is 0 Å². The molecule has 0 heterocycles. The summed E-state index contributed by atoms with van der Waals surface area (Å²) in [4.78, 5) is 0. The van der Waals surface area contributed by atoms with Crippen molar-refractivity contribution in [1.82, 2.24) is 5.32 Å². The number of rotatable bonds is 4. The van der Waals surface area contributed by atoms with E-state index in [1.54, 1.807) is 0 Å². The number of thiocarbonyl (C=S) groups is 1. The number of benzene rings is 2. The van der Waals surface area contributed by atoms with Crippen molar-refractivity contribution >= 4 is 34.6 Å². The van der Waals surface area contributed by atoms with E-state index in [0.29, 0.717) is 0 Å². The van der Waals surface area contributed by atoms with Gasteiger partial charge >= 0.3 is 6.18 Å². The van der Waals surface area contributed by atoms with Crippen molar-refractivity contribution in [2.24, 2.45) is 0 Å². The van der Waals surface area contributed by atoms with Gasteiger partial charge in [-0.25, -0.2) is 0 Å². The second kappa shape index (κ2) is 8.27. The van der Waals surface area contributed by atoms with Gasteiger partial charge in [-0.3, -0.25) is 0 Å². The van der Waals surface area contributed by atoms with Gasteiger partial charge in [0, 0.05) is 5.69 Å². The highest BCUT2D eigenvalue weighted by atomic mass is 35.5. The summed E-state index contributed by atoms with van der Waals surface area (Å²) in [6.45, 7) is 6.07. The van der Waals surface area contributed by atoms with Crippen molar-refractivity contribution in [2.75, 3.05) is 5.32 Å². The molecule has 1 atom stereocenters. The second-order valence-electron chi connectivity index (χ2n) is 6.11. The summed E-state index contributed by atoms with van der Waals surface area (Å²) < 4.78 is 38.9. The Hall–Kier alpha value is -1.79. The molecule has 2 nitrogen and oxygen atoms in total. The first-order valence-electron chi connectivity index (χ1n) is 8.13. The molecule has 0 saturated carbocycles. The van der Waals surface area contributed by atoms with Crippen molar-refractivity contribution in [2.45, 2.75) is 39.4 Å². The third kappa shape index (κ3) is 5.11. The molecule has 0 aliphatic heterocycles. The highest BCUT2D eigenvalue weighted by molar-refractivity contribution is 7.80. The van der Waals surface area contributed by atoms with E-state index >= 15 is 0 Å². The number of hydrogen-bond donors (Lipinski definition) is 2. The van der Waals surface area contributed by atoms with E-state index in [1.807, 2.05) is 32.9 Å². The van der Waals surface area contributed by atoms with Crippen LogP contribution in [0.2, 0.25) is 5.02 Å². The number of aryl methyl sites for hydroxylation is 2. The van der Waals surface area contributed by atoms with E-state index in [0.717, 1.165) is 23.6 Å². The summed E-state index contributed by atoms with van der Waals surface area (Å²) in [5.74, 6) is 0. The third-order valence-electron chi connectivity index (χ3n) is 4.04. The molecule has 7 heteroatoms. The van der Waals surface area contributed by atoms with Crippen molar-refractivity contribution in [3.8, 4) is 0 Å². The number of anilines is 1. The average molecular weight is 401 g/mol. The fourth-order valence-corrected chi connectivity index (χ4v) is 3.25. The molecule has 0 unspecified atom stereocenters. The van der Waals surface area contributed by atoms with Gasteiger partial charge in [0.05, 0.1) is 16.6 Å². The zero-order chi connectivity index (χ0) is 19.5. The van der Waals surface area contributed by atoms with Gasteiger partial charge in [-0.1, -0.05) is 42.3 Å². The molecule has 140 valence electrons. The molecule has 0 fully saturated rings. The van der Waals surface area contributed by atoms with Gasteiger partial charge in [0.2, 0.25) is 0 Å². The molecular formula is C19H20ClF3N2S. The van der Waals surface area contributed by atoms with E-state index in [-0.39, 0.29) is 21.9 Å². The summed E-state index contributed by atoms with van der Waals surface area (Å²) >= 11 is 10.9. The summed E-state index contributed by atoms with van der Waals surface area (Å²) in [6, 6.07) is 9.74. The van der Waals surface area contributed by atoms with Gasteiger partial charge in [-0.05, 0) is 61.8 Å². The lowest BCUT2D eigenvalue weighted by Gasteiger charge is -2.22. The van der Waals surface area contributed by atoms with E-state index in [1.165, 1.54) is 17.7 Å². The predicted octanol–water partition coefficient (Wildman–Crippen LogP) is 6.41. The van der Waals surface area contributed by atoms with Crippen LogP contribution in [-0.2, 0) is 6.18 Å². The van der Waals surface area contributed by atoms with Crippen molar-refractivity contribution < 1.29 is 13.2 Å². The Morgan fingerprint density at radius 3 is 2.42 bits per heavy atom. The van der Waals surface area contributed by atoms with Crippen LogP contribution in [0.5, 0.6) is 0 Å². The first kappa shape index (κ1) is 20.5. The average Bonchev–Trinajstić information content (AvgIpc) is 2.54. The quantitative estimate of drug-likeness (QED) is 0.579. The number of alkyl halides is 3. The first-order chi connectivity index (χ1) is 12.1. The van der Waals surface area contributed by atoms with Crippen LogP contribution in [0, 0.1) is 13.8 Å². The fourth-order valence-electron chi connectivity index (χ4n) is 2.76. The normalized spacial score (nSPS) is 12.6. The maximum atomic E-state index is 13.0. The predicted molar refractivity (Wildman–Crippen MR) is 105 cm³/mol. The molecule has 2 aromatic carbocycles. The number of nitrogens with one attached hydrogen (secondary N) is 2. The van der Waals surface area contributed by atoms with E-state index in [9.17, 15) is 13.2 Å². The molecule has 26 heavy (non-hydrogen) atoms. The molecule has 0 aromatic heterocycles. The van der Waals surface area contributed by atoms with Crippen molar-refractivity contribution in [1.29, 1.82) is 0 Å². The topological polar surface area (TPSA) is 24.1 Å². The van der Waals surface area contributed by atoms with Crippen LogP contribution in [-0.4, -0.2) is 5.11 Å². The minimum absolute atomic E-state index is 0.0370. The van der Waals surface area contributed by atoms with Crippen LogP contribution in [0.15, 0.2) is 36.4 Å². The monoisotopic (exact) mass is 400 g/mol. The van der Waals surface area contributed by atoms with Gasteiger partial charge in [0.15, 0.2) is 5.11 Å². The molecule has 0 amide bonds. The van der Waals surface area contributed by atoms with E-state index < -0.39 is 11.7 Å². The maximum absolute atomic E-state index is 13.0. The van der Waals surface area contributed by atoms with E-state index in [2.05, 4.69) is 16.7 Å². The maximum Gasteiger partial charge on any atom is 0.417 e. The van der Waals surface area contributed by atoms with Crippen LogP contribution < -0.4 is 10.6 Å². The summed E-state index contributed by atoms with van der Waals surface area (Å²) in [7, 11) is 0. The molecule has 2 N–H and O–H groups in total. The molecule has 0 aliphatic carbocycles. The van der Waals surface area contributed by atoms with Crippen molar-refractivity contribution in [3.05, 3.63) is 63.7 Å². The lowest BCUT2D eigenvalue weighted by atomic mass is 9.98. The summed E-state index contributed by atoms with van der Waals surface area (Å²) in [5.41, 5.74) is 2.75. The molecule has 0 spiro atoms. The molecule has 0 saturated heterocycles. The second-order valence-corrected chi connectivity index (χ2v) is 6.93. The zero-order valence-electron chi connectivity index (χ0n) is 14.7. The highest BCUT2D eigenvalue weighted by Crippen LogP contribution is 2.36. The van der Waals surface area contributed by atoms with Gasteiger partial charge in [0.25, 0.3) is 0 Å². The molecule has 2 rings (SSSR count). The Morgan fingerprint density at radius 2 is 1.85 bits per heavy atom. The van der Waals surface area contributed by atoms with Crippen LogP contribution >= 0.6 is 23.8 Å². The van der Waals surface area contributed by atoms with Crippen molar-refractivity contribution in [3.63, 3.8) is 0 Å². The number of halogens is 4. The fraction of sp³-hybridized carbons (Fsp3) is 0.316. The van der Waals surface area contributed by atoms with E-state index in [4.69, 9.17) is 23.8 Å². The Labute approximate surface area is 161 Å². The molecule has 0 aliphatic rings. The lowest BCUT2D eigenvalue weighted by molar-refractivity contribution is -0.137. The Balaban J connectivity index is 2.14. The SMILES string of the molecule is CC[C@@H](NC(=S)Nc1ccc(Cl)c(C(F)(F)F)c1)c1ccc(C)cc1C. The minimum Gasteiger partial charge on any atom is -0.356 e. The Morgan fingerprint density at radius 1 is 1.15 bits per heavy atom. The van der Waals surface area contributed by atoms with Crippen LogP contribution in [0.1, 0.15) is 41.6 Å². The standard InChI is InChI=1S/C19H20ClF3N2S/c1-4-17(14-7-5-11(2)9-12(14)3)25-18(26)24-13-6-8-16(20)15(10-13)19(21,22)23/h5-10,17H,4H2,1-3H3,(H2,24,25,26)/t17-/m1/s1. The summed E-state index contributed by atoms with van der Waals surface area (Å²) in [6.07, 6.45) is -3.74. The zero-order valence-corrected chi connectivity index (χ0v) is 16.2. The number of hydrogen-bond acceptors (Lipinski definition) is 1. The van der Waals surface area contributed by atoms with Crippen LogP contribution in [0.4, 0.5) is 18.9 Å². The molecule has 0 bridgehead atoms. The summed E-state index contributed by atoms with van der Waals surface area (Å²) in [5, 5.41) is 5.89. The van der Waals surface area contributed by atoms with Gasteiger partial charge < -0.3 is 10.6 Å². The molecule has 2 aromatic rings. The lowest BCUT2D eigenvalue weighted by Crippen LogP contribution is -2.32. The smallest absolute Gasteiger partial charge is 0.356 e. The highest BCUT2D eigenvalue weighted by Gasteiger charge is 2.33. The Bertz CT molecular complexity index is 806. The third-order valence-corrected chi connectivity index (χ3v) is 4.59. The van der Waals surface area contributed by atoms with Crippen LogP contribution in [0.25, 0.3) is 0 Å². The first-order valence-corrected chi connectivity index (χ1v) is 8.92. The molecular weight excluding hydrogens is 381 g/mol. The van der Waals surface area contributed by atoms with Gasteiger partial charge in [-0.15, -0.1) is 0 Å². The largest absolute Gasteiger partial charge is 0.417 e.